The molecule has 122 valence electrons. The average molecular weight is 340 g/mol. The van der Waals surface area contributed by atoms with E-state index in [4.69, 9.17) is 0 Å². The Morgan fingerprint density at radius 1 is 1.25 bits per heavy atom. The summed E-state index contributed by atoms with van der Waals surface area (Å²) in [6.07, 6.45) is 0.0889. The van der Waals surface area contributed by atoms with E-state index in [-0.39, 0.29) is 18.2 Å². The Kier molecular flexibility index (Phi) is 4.90. The number of amides is 2. The highest BCUT2D eigenvalue weighted by atomic mass is 32.2. The molecule has 0 bridgehead atoms. The third-order valence-electron chi connectivity index (χ3n) is 3.29. The molecule has 1 unspecified atom stereocenters. The third-order valence-corrected chi connectivity index (χ3v) is 4.38. The molecule has 1 atom stereocenters. The van der Waals surface area contributed by atoms with Crippen molar-refractivity contribution in [1.82, 2.24) is 10.3 Å². The van der Waals surface area contributed by atoms with Crippen molar-refractivity contribution in [2.45, 2.75) is 18.6 Å². The first-order valence-electron chi connectivity index (χ1n) is 7.45. The van der Waals surface area contributed by atoms with Crippen LogP contribution in [0.15, 0.2) is 53.5 Å². The zero-order chi connectivity index (χ0) is 16.9. The average Bonchev–Trinajstić information content (AvgIpc) is 2.87. The number of thioether (sulfide) groups is 1. The topological polar surface area (TPSA) is 83.5 Å². The Labute approximate surface area is 143 Å². The first-order chi connectivity index (χ1) is 11.6. The summed E-state index contributed by atoms with van der Waals surface area (Å²) >= 11 is 1.25. The van der Waals surface area contributed by atoms with Gasteiger partial charge < -0.3 is 10.6 Å². The van der Waals surface area contributed by atoms with Crippen LogP contribution in [0.4, 0.5) is 11.5 Å². The Hall–Kier alpha value is -2.67. The van der Waals surface area contributed by atoms with Crippen molar-refractivity contribution in [3.63, 3.8) is 0 Å². The van der Waals surface area contributed by atoms with Crippen molar-refractivity contribution < 1.29 is 9.59 Å². The molecule has 3 rings (SSSR count). The van der Waals surface area contributed by atoms with Gasteiger partial charge in [0.15, 0.2) is 11.0 Å². The van der Waals surface area contributed by atoms with E-state index >= 15 is 0 Å². The van der Waals surface area contributed by atoms with Gasteiger partial charge in [-0.15, -0.1) is 0 Å². The SMILES string of the molecule is Cc1cccc(/N=C2/NC(=O)C(CC(=O)Nc3ccccc3)S2)n1. The van der Waals surface area contributed by atoms with Crippen LogP contribution in [0.2, 0.25) is 0 Å². The number of anilines is 1. The van der Waals surface area contributed by atoms with Crippen molar-refractivity contribution in [2.24, 2.45) is 4.99 Å². The number of benzene rings is 1. The van der Waals surface area contributed by atoms with E-state index in [2.05, 4.69) is 20.6 Å². The maximum absolute atomic E-state index is 12.1. The molecular weight excluding hydrogens is 324 g/mol. The summed E-state index contributed by atoms with van der Waals surface area (Å²) in [5, 5.41) is 5.45. The van der Waals surface area contributed by atoms with Gasteiger partial charge in [-0.05, 0) is 31.2 Å². The summed E-state index contributed by atoms with van der Waals surface area (Å²) in [6, 6.07) is 14.7. The molecule has 7 heteroatoms. The number of rotatable bonds is 4. The fraction of sp³-hybridized carbons (Fsp3) is 0.176. The molecule has 0 saturated carbocycles. The Morgan fingerprint density at radius 2 is 2.04 bits per heavy atom. The summed E-state index contributed by atoms with van der Waals surface area (Å²) < 4.78 is 0. The van der Waals surface area contributed by atoms with Crippen molar-refractivity contribution in [1.29, 1.82) is 0 Å². The van der Waals surface area contributed by atoms with Gasteiger partial charge in [0.25, 0.3) is 0 Å². The van der Waals surface area contributed by atoms with Crippen LogP contribution in [-0.2, 0) is 9.59 Å². The molecule has 2 heterocycles. The van der Waals surface area contributed by atoms with Gasteiger partial charge in [0.2, 0.25) is 11.8 Å². The highest BCUT2D eigenvalue weighted by Gasteiger charge is 2.32. The Morgan fingerprint density at radius 3 is 2.79 bits per heavy atom. The van der Waals surface area contributed by atoms with E-state index in [0.717, 1.165) is 5.69 Å². The zero-order valence-corrected chi connectivity index (χ0v) is 13.8. The fourth-order valence-corrected chi connectivity index (χ4v) is 3.17. The number of aliphatic imine (C=N–C) groups is 1. The number of para-hydroxylation sites is 1. The molecule has 2 N–H and O–H groups in total. The molecule has 1 aromatic heterocycles. The number of aryl methyl sites for hydroxylation is 1. The van der Waals surface area contributed by atoms with Gasteiger partial charge in [-0.25, -0.2) is 9.98 Å². The van der Waals surface area contributed by atoms with Crippen LogP contribution in [-0.4, -0.2) is 27.2 Å². The molecule has 2 aromatic rings. The molecule has 6 nitrogen and oxygen atoms in total. The molecule has 1 saturated heterocycles. The van der Waals surface area contributed by atoms with E-state index in [9.17, 15) is 9.59 Å². The number of pyridine rings is 1. The van der Waals surface area contributed by atoms with E-state index in [1.807, 2.05) is 37.3 Å². The molecule has 1 aromatic carbocycles. The molecule has 0 spiro atoms. The van der Waals surface area contributed by atoms with Crippen LogP contribution in [0.3, 0.4) is 0 Å². The van der Waals surface area contributed by atoms with Crippen LogP contribution in [0, 0.1) is 6.92 Å². The number of carbonyl (C=O) groups is 2. The minimum absolute atomic E-state index is 0.0889. The lowest BCUT2D eigenvalue weighted by atomic mass is 10.2. The molecular formula is C17H16N4O2S. The summed E-state index contributed by atoms with van der Waals surface area (Å²) in [4.78, 5) is 32.7. The predicted octanol–water partition coefficient (Wildman–Crippen LogP) is 2.64. The molecule has 1 aliphatic rings. The normalized spacial score (nSPS) is 18.5. The van der Waals surface area contributed by atoms with Crippen LogP contribution >= 0.6 is 11.8 Å². The first-order valence-corrected chi connectivity index (χ1v) is 8.33. The van der Waals surface area contributed by atoms with Gasteiger partial charge in [-0.1, -0.05) is 36.0 Å². The number of hydrogen-bond donors (Lipinski definition) is 2. The maximum atomic E-state index is 12.1. The summed E-state index contributed by atoms with van der Waals surface area (Å²) in [6.45, 7) is 1.88. The van der Waals surface area contributed by atoms with Crippen LogP contribution in [0.1, 0.15) is 12.1 Å². The van der Waals surface area contributed by atoms with Gasteiger partial charge in [0.1, 0.15) is 5.25 Å². The Balaban J connectivity index is 1.61. The van der Waals surface area contributed by atoms with Gasteiger partial charge in [-0.2, -0.15) is 0 Å². The number of nitrogens with zero attached hydrogens (tertiary/aromatic N) is 2. The van der Waals surface area contributed by atoms with Crippen molar-refractivity contribution in [3.05, 3.63) is 54.2 Å². The maximum Gasteiger partial charge on any atom is 0.240 e. The van der Waals surface area contributed by atoms with Crippen LogP contribution in [0.5, 0.6) is 0 Å². The molecule has 0 aliphatic carbocycles. The number of carbonyl (C=O) groups excluding carboxylic acids is 2. The van der Waals surface area contributed by atoms with E-state index in [1.165, 1.54) is 11.8 Å². The first kappa shape index (κ1) is 16.2. The Bertz CT molecular complexity index is 792. The summed E-state index contributed by atoms with van der Waals surface area (Å²) in [5.74, 6) is 0.116. The molecule has 24 heavy (non-hydrogen) atoms. The van der Waals surface area contributed by atoms with Crippen molar-refractivity contribution in [2.75, 3.05) is 5.32 Å². The molecule has 1 fully saturated rings. The fourth-order valence-electron chi connectivity index (χ4n) is 2.19. The minimum Gasteiger partial charge on any atom is -0.326 e. The zero-order valence-electron chi connectivity index (χ0n) is 13.0. The van der Waals surface area contributed by atoms with Crippen LogP contribution < -0.4 is 10.6 Å². The van der Waals surface area contributed by atoms with E-state index < -0.39 is 5.25 Å². The lowest BCUT2D eigenvalue weighted by Crippen LogP contribution is -2.28. The highest BCUT2D eigenvalue weighted by Crippen LogP contribution is 2.25. The highest BCUT2D eigenvalue weighted by molar-refractivity contribution is 8.15. The van der Waals surface area contributed by atoms with Crippen LogP contribution in [0.25, 0.3) is 0 Å². The number of hydrogen-bond acceptors (Lipinski definition) is 5. The van der Waals surface area contributed by atoms with Crippen molar-refractivity contribution >= 4 is 40.2 Å². The van der Waals surface area contributed by atoms with Crippen molar-refractivity contribution in [3.8, 4) is 0 Å². The molecule has 1 aliphatic heterocycles. The number of aromatic nitrogens is 1. The minimum atomic E-state index is -0.489. The second kappa shape index (κ2) is 7.27. The smallest absolute Gasteiger partial charge is 0.240 e. The number of nitrogens with one attached hydrogen (secondary N) is 2. The number of amidine groups is 1. The third kappa shape index (κ3) is 4.20. The quantitative estimate of drug-likeness (QED) is 0.896. The predicted molar refractivity (Wildman–Crippen MR) is 95.3 cm³/mol. The monoisotopic (exact) mass is 340 g/mol. The largest absolute Gasteiger partial charge is 0.326 e. The summed E-state index contributed by atoms with van der Waals surface area (Å²) in [7, 11) is 0. The lowest BCUT2D eigenvalue weighted by molar-refractivity contribution is -0.122. The van der Waals surface area contributed by atoms with E-state index in [0.29, 0.717) is 16.7 Å². The van der Waals surface area contributed by atoms with Gasteiger partial charge in [0.05, 0.1) is 0 Å². The van der Waals surface area contributed by atoms with E-state index in [1.54, 1.807) is 18.2 Å². The van der Waals surface area contributed by atoms with Gasteiger partial charge >= 0.3 is 0 Å². The van der Waals surface area contributed by atoms with Gasteiger partial charge in [-0.3, -0.25) is 9.59 Å². The molecule has 2 amide bonds. The second-order valence-corrected chi connectivity index (χ2v) is 6.46. The summed E-state index contributed by atoms with van der Waals surface area (Å²) in [5.41, 5.74) is 1.56. The standard InChI is InChI=1S/C17H16N4O2S/c1-11-6-5-9-14(18-11)20-17-21-16(23)13(24-17)10-15(22)19-12-7-3-2-4-8-12/h2-9,13H,10H2,1H3,(H,19,22)(H,18,20,21,23). The molecule has 0 radical (unpaired) electrons. The lowest BCUT2D eigenvalue weighted by Gasteiger charge is -2.07. The van der Waals surface area contributed by atoms with Gasteiger partial charge in [0, 0.05) is 17.8 Å². The second-order valence-electron chi connectivity index (χ2n) is 5.27.